The molecule has 3 aromatic rings. The van der Waals surface area contributed by atoms with E-state index in [-0.39, 0.29) is 23.9 Å². The van der Waals surface area contributed by atoms with Crippen molar-refractivity contribution in [2.75, 3.05) is 18.5 Å². The highest BCUT2D eigenvalue weighted by atomic mass is 32.1. The minimum atomic E-state index is -0.278. The van der Waals surface area contributed by atoms with Crippen LogP contribution in [0, 0.1) is 18.7 Å². The summed E-state index contributed by atoms with van der Waals surface area (Å²) in [7, 11) is 0. The number of aromatic nitrogens is 3. The molecule has 126 valence electrons. The highest BCUT2D eigenvalue weighted by Crippen LogP contribution is 2.18. The van der Waals surface area contributed by atoms with E-state index in [0.717, 1.165) is 5.56 Å². The number of nitrogens with zero attached hydrogens (tertiary/aromatic N) is 3. The summed E-state index contributed by atoms with van der Waals surface area (Å²) < 4.78 is 14.2. The molecule has 1 atom stereocenters. The summed E-state index contributed by atoms with van der Waals surface area (Å²) >= 11 is 1.28. The third-order valence-electron chi connectivity index (χ3n) is 3.61. The fourth-order valence-corrected chi connectivity index (χ4v) is 3.24. The number of aryl methyl sites for hydroxylation is 1. The van der Waals surface area contributed by atoms with Gasteiger partial charge in [0.1, 0.15) is 5.82 Å². The first-order valence-corrected chi connectivity index (χ1v) is 8.33. The van der Waals surface area contributed by atoms with E-state index in [0.29, 0.717) is 28.8 Å². The second-order valence-corrected chi connectivity index (χ2v) is 6.55. The standard InChI is InChI=1S/C16H17FN4O2S/c1-10-6-14(23)21-16(19-10)24-15(20-21)18-8-12(9-22)7-11-2-4-13(17)5-3-11/h2-6,12,22H,7-9H2,1H3,(H,18,20)/t12-/m1/s1. The number of aliphatic hydroxyl groups excluding tert-OH is 1. The highest BCUT2D eigenvalue weighted by molar-refractivity contribution is 7.20. The van der Waals surface area contributed by atoms with Gasteiger partial charge in [-0.1, -0.05) is 23.5 Å². The van der Waals surface area contributed by atoms with Gasteiger partial charge in [0, 0.05) is 30.8 Å². The van der Waals surface area contributed by atoms with Gasteiger partial charge in [0.05, 0.1) is 0 Å². The quantitative estimate of drug-likeness (QED) is 0.711. The van der Waals surface area contributed by atoms with Crippen LogP contribution in [0.1, 0.15) is 11.3 Å². The van der Waals surface area contributed by atoms with Crippen molar-refractivity contribution >= 4 is 21.4 Å². The van der Waals surface area contributed by atoms with Crippen LogP contribution >= 0.6 is 11.3 Å². The number of halogens is 1. The first-order chi connectivity index (χ1) is 11.5. The molecule has 0 saturated heterocycles. The molecular weight excluding hydrogens is 331 g/mol. The van der Waals surface area contributed by atoms with Gasteiger partial charge in [0.2, 0.25) is 10.1 Å². The number of aliphatic hydroxyl groups is 1. The predicted octanol–water partition coefficient (Wildman–Crippen LogP) is 1.86. The third-order valence-corrected chi connectivity index (χ3v) is 4.48. The summed E-state index contributed by atoms with van der Waals surface area (Å²) in [6.07, 6.45) is 0.617. The predicted molar refractivity (Wildman–Crippen MR) is 91.0 cm³/mol. The Kier molecular flexibility index (Phi) is 4.86. The Morgan fingerprint density at radius 2 is 2.12 bits per heavy atom. The SMILES string of the molecule is Cc1cc(=O)n2nc(NC[C@H](CO)Cc3ccc(F)cc3)sc2n1. The number of nitrogens with one attached hydrogen (secondary N) is 1. The molecule has 2 heterocycles. The van der Waals surface area contributed by atoms with Gasteiger partial charge >= 0.3 is 0 Å². The molecule has 0 radical (unpaired) electrons. The number of benzene rings is 1. The van der Waals surface area contributed by atoms with Crippen molar-refractivity contribution in [3.05, 3.63) is 57.8 Å². The minimum absolute atomic E-state index is 0.00736. The van der Waals surface area contributed by atoms with Crippen LogP contribution in [0.25, 0.3) is 4.96 Å². The Morgan fingerprint density at radius 3 is 2.83 bits per heavy atom. The summed E-state index contributed by atoms with van der Waals surface area (Å²) in [5.74, 6) is -0.325. The van der Waals surface area contributed by atoms with Gasteiger partial charge in [-0.3, -0.25) is 4.79 Å². The fourth-order valence-electron chi connectivity index (χ4n) is 2.38. The van der Waals surface area contributed by atoms with E-state index >= 15 is 0 Å². The van der Waals surface area contributed by atoms with Gasteiger partial charge in [-0.25, -0.2) is 9.37 Å². The monoisotopic (exact) mass is 348 g/mol. The van der Waals surface area contributed by atoms with Crippen molar-refractivity contribution in [2.24, 2.45) is 5.92 Å². The molecule has 0 bridgehead atoms. The van der Waals surface area contributed by atoms with Crippen molar-refractivity contribution in [3.63, 3.8) is 0 Å². The van der Waals surface area contributed by atoms with E-state index < -0.39 is 0 Å². The van der Waals surface area contributed by atoms with Gasteiger partial charge in [-0.05, 0) is 31.0 Å². The smallest absolute Gasteiger partial charge is 0.275 e. The van der Waals surface area contributed by atoms with Crippen LogP contribution in [0.5, 0.6) is 0 Å². The highest BCUT2D eigenvalue weighted by Gasteiger charge is 2.12. The average molecular weight is 348 g/mol. The first-order valence-electron chi connectivity index (χ1n) is 7.52. The van der Waals surface area contributed by atoms with E-state index in [4.69, 9.17) is 0 Å². The molecule has 3 rings (SSSR count). The topological polar surface area (TPSA) is 79.5 Å². The van der Waals surface area contributed by atoms with E-state index in [9.17, 15) is 14.3 Å². The second kappa shape index (κ2) is 7.06. The van der Waals surface area contributed by atoms with Crippen molar-refractivity contribution in [2.45, 2.75) is 13.3 Å². The third kappa shape index (κ3) is 3.77. The summed E-state index contributed by atoms with van der Waals surface area (Å²) in [4.78, 5) is 16.6. The van der Waals surface area contributed by atoms with Crippen molar-refractivity contribution in [1.82, 2.24) is 14.6 Å². The Bertz CT molecular complexity index is 891. The van der Waals surface area contributed by atoms with Crippen LogP contribution in [-0.2, 0) is 6.42 Å². The molecule has 8 heteroatoms. The lowest BCUT2D eigenvalue weighted by Crippen LogP contribution is -2.20. The Morgan fingerprint density at radius 1 is 1.38 bits per heavy atom. The molecule has 0 spiro atoms. The van der Waals surface area contributed by atoms with E-state index in [2.05, 4.69) is 15.4 Å². The molecular formula is C16H17FN4O2S. The lowest BCUT2D eigenvalue weighted by Gasteiger charge is -2.14. The molecule has 1 aromatic carbocycles. The molecule has 0 fully saturated rings. The maximum Gasteiger partial charge on any atom is 0.275 e. The molecule has 0 saturated carbocycles. The first kappa shape index (κ1) is 16.5. The van der Waals surface area contributed by atoms with Crippen molar-refractivity contribution < 1.29 is 9.50 Å². The largest absolute Gasteiger partial charge is 0.396 e. The number of anilines is 1. The van der Waals surface area contributed by atoms with Crippen LogP contribution in [-0.4, -0.2) is 32.9 Å². The van der Waals surface area contributed by atoms with Crippen molar-refractivity contribution in [3.8, 4) is 0 Å². The van der Waals surface area contributed by atoms with Gasteiger partial charge < -0.3 is 10.4 Å². The molecule has 0 aliphatic carbocycles. The number of rotatable bonds is 6. The van der Waals surface area contributed by atoms with Gasteiger partial charge in [-0.2, -0.15) is 4.52 Å². The zero-order valence-corrected chi connectivity index (χ0v) is 13.9. The molecule has 6 nitrogen and oxygen atoms in total. The molecule has 0 aliphatic rings. The number of hydrogen-bond acceptors (Lipinski definition) is 6. The lowest BCUT2D eigenvalue weighted by molar-refractivity contribution is 0.232. The van der Waals surface area contributed by atoms with Crippen LogP contribution in [0.4, 0.5) is 9.52 Å². The molecule has 2 aromatic heterocycles. The van der Waals surface area contributed by atoms with Crippen LogP contribution in [0.15, 0.2) is 35.1 Å². The van der Waals surface area contributed by atoms with Crippen molar-refractivity contribution in [1.29, 1.82) is 0 Å². The zero-order chi connectivity index (χ0) is 17.1. The second-order valence-electron chi connectivity index (χ2n) is 5.60. The number of fused-ring (bicyclic) bond motifs is 1. The van der Waals surface area contributed by atoms with E-state index in [1.807, 2.05) is 0 Å². The molecule has 2 N–H and O–H groups in total. The Balaban J connectivity index is 1.68. The van der Waals surface area contributed by atoms with Gasteiger partial charge in [-0.15, -0.1) is 5.10 Å². The minimum Gasteiger partial charge on any atom is -0.396 e. The van der Waals surface area contributed by atoms with Crippen LogP contribution in [0.3, 0.4) is 0 Å². The maximum absolute atomic E-state index is 12.9. The van der Waals surface area contributed by atoms with E-state index in [1.54, 1.807) is 19.1 Å². The van der Waals surface area contributed by atoms with E-state index in [1.165, 1.54) is 34.1 Å². The molecule has 0 amide bonds. The zero-order valence-electron chi connectivity index (χ0n) is 13.1. The van der Waals surface area contributed by atoms with Gasteiger partial charge in [0.15, 0.2) is 0 Å². The average Bonchev–Trinajstić information content (AvgIpc) is 2.96. The molecule has 0 unspecified atom stereocenters. The Labute approximate surface area is 141 Å². The van der Waals surface area contributed by atoms with Crippen LogP contribution < -0.4 is 10.9 Å². The summed E-state index contributed by atoms with van der Waals surface area (Å²) in [6, 6.07) is 7.67. The Hall–Kier alpha value is -2.32. The lowest BCUT2D eigenvalue weighted by atomic mass is 10.0. The molecule has 0 aliphatic heterocycles. The maximum atomic E-state index is 12.9. The summed E-state index contributed by atoms with van der Waals surface area (Å²) in [6.45, 7) is 2.24. The summed E-state index contributed by atoms with van der Waals surface area (Å²) in [5.41, 5.74) is 1.39. The van der Waals surface area contributed by atoms with Crippen LogP contribution in [0.2, 0.25) is 0 Å². The summed E-state index contributed by atoms with van der Waals surface area (Å²) in [5, 5.41) is 17.4. The number of hydrogen-bond donors (Lipinski definition) is 2. The molecule has 24 heavy (non-hydrogen) atoms. The van der Waals surface area contributed by atoms with Gasteiger partial charge in [0.25, 0.3) is 5.56 Å². The fraction of sp³-hybridized carbons (Fsp3) is 0.312. The normalized spacial score (nSPS) is 12.5.